The molecule has 0 radical (unpaired) electrons. The van der Waals surface area contributed by atoms with E-state index < -0.39 is 39.9 Å². The van der Waals surface area contributed by atoms with Crippen molar-refractivity contribution in [3.8, 4) is 0 Å². The number of nitrogens with one attached hydrogen (secondary N) is 2. The highest BCUT2D eigenvalue weighted by Crippen LogP contribution is 2.23. The van der Waals surface area contributed by atoms with Crippen LogP contribution in [0.15, 0.2) is 42.5 Å². The van der Waals surface area contributed by atoms with Crippen LogP contribution in [-0.4, -0.2) is 105 Å². The molecule has 228 valence electrons. The molecule has 0 unspecified atom stereocenters. The molecule has 0 spiro atoms. The minimum Gasteiger partial charge on any atom is -0.322 e. The third-order valence-electron chi connectivity index (χ3n) is 7.24. The van der Waals surface area contributed by atoms with E-state index in [2.05, 4.69) is 16.8 Å². The van der Waals surface area contributed by atoms with Crippen molar-refractivity contribution in [1.29, 1.82) is 0 Å². The third kappa shape index (κ3) is 8.20. The summed E-state index contributed by atoms with van der Waals surface area (Å²) in [7, 11) is -1.16. The average Bonchev–Trinajstić information content (AvgIpc) is 2.96. The molecule has 0 bridgehead atoms. The second kappa shape index (κ2) is 13.5. The van der Waals surface area contributed by atoms with Crippen LogP contribution in [0.4, 0.5) is 23.7 Å². The van der Waals surface area contributed by atoms with Crippen LogP contribution in [0.3, 0.4) is 0 Å². The van der Waals surface area contributed by atoms with Crippen LogP contribution < -0.4 is 15.8 Å². The van der Waals surface area contributed by atoms with E-state index in [0.29, 0.717) is 5.69 Å². The van der Waals surface area contributed by atoms with Gasteiger partial charge < -0.3 is 9.80 Å². The quantitative estimate of drug-likeness (QED) is 0.456. The zero-order chi connectivity index (χ0) is 30.4. The Bertz CT molecular complexity index is 1390. The molecule has 2 saturated heterocycles. The summed E-state index contributed by atoms with van der Waals surface area (Å²) in [5.74, 6) is -3.90. The molecule has 2 aromatic rings. The minimum absolute atomic E-state index is 0.00504. The Balaban J connectivity index is 1.52. The van der Waals surface area contributed by atoms with Gasteiger partial charge in [0.25, 0.3) is 5.91 Å². The number of halogens is 3. The maximum absolute atomic E-state index is 15.1. The number of hydrazine groups is 1. The molecule has 11 nitrogen and oxygen atoms in total. The molecule has 0 atom stereocenters. The van der Waals surface area contributed by atoms with Gasteiger partial charge in [-0.2, -0.15) is 8.78 Å². The van der Waals surface area contributed by atoms with E-state index in [1.54, 1.807) is 23.0 Å². The van der Waals surface area contributed by atoms with Crippen molar-refractivity contribution in [1.82, 2.24) is 25.6 Å². The summed E-state index contributed by atoms with van der Waals surface area (Å²) >= 11 is 0. The summed E-state index contributed by atoms with van der Waals surface area (Å²) in [6.45, 7) is 4.34. The Labute approximate surface area is 242 Å². The standard InChI is InChI=1S/C27H33F3N6O5S/c1-33-8-10-34(11-9-33)17-19-2-6-22(7-3-19)36(27(39)35-12-14-42(40,41)15-13-35)18-21-5-4-20(16-23(21)28)25(37)31-32-26(38)24(29)30/h2-7,16,24H,8-15,17-18H2,1H3,(H,31,37)(H,32,38). The van der Waals surface area contributed by atoms with E-state index in [9.17, 15) is 31.6 Å². The molecular weight excluding hydrogens is 577 g/mol. The number of piperazine rings is 1. The highest BCUT2D eigenvalue weighted by Gasteiger charge is 2.30. The van der Waals surface area contributed by atoms with Crippen LogP contribution in [0, 0.1) is 5.82 Å². The van der Waals surface area contributed by atoms with Crippen molar-refractivity contribution in [2.24, 2.45) is 0 Å². The predicted octanol–water partition coefficient (Wildman–Crippen LogP) is 1.46. The average molecular weight is 611 g/mol. The number of carbonyl (C=O) groups is 3. The lowest BCUT2D eigenvalue weighted by molar-refractivity contribution is -0.132. The molecule has 2 aliphatic rings. The van der Waals surface area contributed by atoms with Crippen LogP contribution in [0.5, 0.6) is 0 Å². The third-order valence-corrected chi connectivity index (χ3v) is 8.85. The molecule has 0 saturated carbocycles. The normalized spacial score (nSPS) is 17.6. The van der Waals surface area contributed by atoms with Crippen LogP contribution in [0.25, 0.3) is 0 Å². The van der Waals surface area contributed by atoms with Gasteiger partial charge in [-0.25, -0.2) is 17.6 Å². The first-order chi connectivity index (χ1) is 19.9. The number of hydrogen-bond acceptors (Lipinski definition) is 7. The van der Waals surface area contributed by atoms with E-state index >= 15 is 4.39 Å². The molecule has 4 rings (SSSR count). The van der Waals surface area contributed by atoms with Gasteiger partial charge in [-0.15, -0.1) is 0 Å². The van der Waals surface area contributed by atoms with Crippen molar-refractivity contribution in [2.45, 2.75) is 19.5 Å². The number of hydrogen-bond donors (Lipinski definition) is 2. The molecule has 2 N–H and O–H groups in total. The van der Waals surface area contributed by atoms with Gasteiger partial charge in [-0.3, -0.25) is 30.2 Å². The minimum atomic E-state index is -3.34. The monoisotopic (exact) mass is 610 g/mol. The predicted molar refractivity (Wildman–Crippen MR) is 149 cm³/mol. The number of nitrogens with zero attached hydrogens (tertiary/aromatic N) is 4. The van der Waals surface area contributed by atoms with E-state index in [4.69, 9.17) is 0 Å². The number of alkyl halides is 2. The maximum atomic E-state index is 15.1. The van der Waals surface area contributed by atoms with Gasteiger partial charge in [0.1, 0.15) is 5.82 Å². The first kappa shape index (κ1) is 31.3. The number of amides is 4. The molecule has 2 aliphatic heterocycles. The van der Waals surface area contributed by atoms with Crippen molar-refractivity contribution in [3.63, 3.8) is 0 Å². The SMILES string of the molecule is CN1CCN(Cc2ccc(N(Cc3ccc(C(=O)NNC(=O)C(F)F)cc3F)C(=O)N3CCS(=O)(=O)CC3)cc2)CC1. The second-order valence-electron chi connectivity index (χ2n) is 10.3. The fourth-order valence-electron chi connectivity index (χ4n) is 4.62. The topological polar surface area (TPSA) is 122 Å². The molecular formula is C27H33F3N6O5S. The number of anilines is 1. The Morgan fingerprint density at radius 2 is 1.57 bits per heavy atom. The summed E-state index contributed by atoms with van der Waals surface area (Å²) in [5, 5.41) is 0. The Morgan fingerprint density at radius 1 is 0.929 bits per heavy atom. The second-order valence-corrected chi connectivity index (χ2v) is 12.6. The van der Waals surface area contributed by atoms with Gasteiger partial charge in [-0.05, 0) is 36.9 Å². The highest BCUT2D eigenvalue weighted by molar-refractivity contribution is 7.91. The fourth-order valence-corrected chi connectivity index (χ4v) is 5.82. The molecule has 0 aromatic heterocycles. The van der Waals surface area contributed by atoms with E-state index in [1.165, 1.54) is 21.9 Å². The summed E-state index contributed by atoms with van der Waals surface area (Å²) in [4.78, 5) is 44.1. The van der Waals surface area contributed by atoms with Crippen molar-refractivity contribution >= 4 is 33.4 Å². The van der Waals surface area contributed by atoms with Crippen LogP contribution in [-0.2, 0) is 27.7 Å². The highest BCUT2D eigenvalue weighted by atomic mass is 32.2. The van der Waals surface area contributed by atoms with Gasteiger partial charge >= 0.3 is 18.4 Å². The zero-order valence-corrected chi connectivity index (χ0v) is 23.9. The molecule has 4 amide bonds. The van der Waals surface area contributed by atoms with E-state index in [-0.39, 0.29) is 42.3 Å². The van der Waals surface area contributed by atoms with Crippen LogP contribution in [0.1, 0.15) is 21.5 Å². The summed E-state index contributed by atoms with van der Waals surface area (Å²) in [5.41, 5.74) is 4.67. The largest absolute Gasteiger partial charge is 0.324 e. The number of likely N-dealkylation sites (N-methyl/N-ethyl adjacent to an activating group) is 1. The van der Waals surface area contributed by atoms with Crippen LogP contribution >= 0.6 is 0 Å². The molecule has 2 heterocycles. The lowest BCUT2D eigenvalue weighted by Crippen LogP contribution is -2.49. The number of benzene rings is 2. The van der Waals surface area contributed by atoms with Gasteiger partial charge in [0.15, 0.2) is 9.84 Å². The smallest absolute Gasteiger partial charge is 0.322 e. The Hall–Kier alpha value is -3.69. The molecule has 0 aliphatic carbocycles. The van der Waals surface area contributed by atoms with Crippen molar-refractivity contribution < 1.29 is 36.0 Å². The summed E-state index contributed by atoms with van der Waals surface area (Å²) < 4.78 is 63.7. The fraction of sp³-hybridized carbons (Fsp3) is 0.444. The Morgan fingerprint density at radius 3 is 2.17 bits per heavy atom. The lowest BCUT2D eigenvalue weighted by Gasteiger charge is -2.33. The maximum Gasteiger partial charge on any atom is 0.324 e. The summed E-state index contributed by atoms with van der Waals surface area (Å²) in [6.07, 6.45) is -3.34. The zero-order valence-electron chi connectivity index (χ0n) is 23.1. The Kier molecular flexibility index (Phi) is 10.1. The van der Waals surface area contributed by atoms with E-state index in [1.807, 2.05) is 12.1 Å². The molecule has 2 fully saturated rings. The number of sulfone groups is 1. The first-order valence-corrected chi connectivity index (χ1v) is 15.2. The molecule has 2 aromatic carbocycles. The van der Waals surface area contributed by atoms with Crippen molar-refractivity contribution in [2.75, 3.05) is 62.7 Å². The number of rotatable bonds is 7. The van der Waals surface area contributed by atoms with E-state index in [0.717, 1.165) is 44.4 Å². The van der Waals surface area contributed by atoms with Gasteiger partial charge in [0.05, 0.1) is 18.1 Å². The number of urea groups is 1. The van der Waals surface area contributed by atoms with Crippen LogP contribution in [0.2, 0.25) is 0 Å². The van der Waals surface area contributed by atoms with Gasteiger partial charge in [-0.1, -0.05) is 18.2 Å². The summed E-state index contributed by atoms with van der Waals surface area (Å²) in [6, 6.07) is 10.2. The van der Waals surface area contributed by atoms with Crippen molar-refractivity contribution in [3.05, 3.63) is 65.0 Å². The van der Waals surface area contributed by atoms with Gasteiger partial charge in [0.2, 0.25) is 0 Å². The first-order valence-electron chi connectivity index (χ1n) is 13.4. The number of carbonyl (C=O) groups excluding carboxylic acids is 3. The molecule has 15 heteroatoms. The lowest BCUT2D eigenvalue weighted by atomic mass is 10.1. The van der Waals surface area contributed by atoms with Gasteiger partial charge in [0, 0.05) is 62.6 Å². The molecule has 42 heavy (non-hydrogen) atoms.